The average molecular weight is 487 g/mol. The molecule has 11 heteroatoms. The van der Waals surface area contributed by atoms with E-state index >= 15 is 0 Å². The minimum absolute atomic E-state index is 0.248. The topological polar surface area (TPSA) is 133 Å². The summed E-state index contributed by atoms with van der Waals surface area (Å²) in [6.45, 7) is -0.634. The summed E-state index contributed by atoms with van der Waals surface area (Å²) in [5.74, 6) is -1.60. The van der Waals surface area contributed by atoms with E-state index < -0.39 is 43.8 Å². The molecule has 0 spiro atoms. The van der Waals surface area contributed by atoms with E-state index in [9.17, 15) is 28.1 Å². The summed E-state index contributed by atoms with van der Waals surface area (Å²) < 4.78 is 28.3. The fourth-order valence-corrected chi connectivity index (χ4v) is 4.53. The molecule has 0 fully saturated rings. The van der Waals surface area contributed by atoms with Crippen LogP contribution in [-0.4, -0.2) is 38.1 Å². The predicted molar refractivity (Wildman–Crippen MR) is 122 cm³/mol. The van der Waals surface area contributed by atoms with E-state index in [2.05, 4.69) is 5.32 Å². The summed E-state index contributed by atoms with van der Waals surface area (Å²) in [7, 11) is -3.87. The molecule has 0 aliphatic rings. The third kappa shape index (κ3) is 6.40. The van der Waals surface area contributed by atoms with Crippen molar-refractivity contribution >= 4 is 44.9 Å². The SMILES string of the molecule is CS(=O)(=O)c1ccc(C(=O)OCC(=O)Nc2ccccc2Sc2ccccc2)cc1[N+](=O)[O-]. The van der Waals surface area contributed by atoms with Crippen molar-refractivity contribution in [3.8, 4) is 0 Å². The summed E-state index contributed by atoms with van der Waals surface area (Å²) in [6, 6.07) is 19.5. The number of nitro groups is 1. The number of para-hydroxylation sites is 1. The number of nitro benzene ring substituents is 1. The van der Waals surface area contributed by atoms with Crippen LogP contribution in [0.1, 0.15) is 10.4 Å². The molecule has 0 aliphatic carbocycles. The number of sulfone groups is 1. The third-order valence-corrected chi connectivity index (χ3v) is 6.49. The largest absolute Gasteiger partial charge is 0.452 e. The molecule has 1 N–H and O–H groups in total. The van der Waals surface area contributed by atoms with Gasteiger partial charge in [0, 0.05) is 22.1 Å². The molecule has 3 rings (SSSR count). The van der Waals surface area contributed by atoms with Gasteiger partial charge in [0.15, 0.2) is 16.4 Å². The van der Waals surface area contributed by atoms with Crippen molar-refractivity contribution < 1.29 is 27.7 Å². The first-order valence-corrected chi connectivity index (χ1v) is 12.1. The number of carbonyl (C=O) groups excluding carboxylic acids is 2. The van der Waals surface area contributed by atoms with Crippen LogP contribution in [0, 0.1) is 10.1 Å². The van der Waals surface area contributed by atoms with Crippen LogP contribution in [0.2, 0.25) is 0 Å². The molecule has 33 heavy (non-hydrogen) atoms. The Hall–Kier alpha value is -3.70. The van der Waals surface area contributed by atoms with Gasteiger partial charge in [0.25, 0.3) is 11.6 Å². The highest BCUT2D eigenvalue weighted by Gasteiger charge is 2.24. The van der Waals surface area contributed by atoms with Crippen molar-refractivity contribution in [2.24, 2.45) is 0 Å². The van der Waals surface area contributed by atoms with Gasteiger partial charge in [-0.15, -0.1) is 0 Å². The minimum atomic E-state index is -3.87. The second-order valence-electron chi connectivity index (χ2n) is 6.75. The molecule has 0 radical (unpaired) electrons. The summed E-state index contributed by atoms with van der Waals surface area (Å²) in [5, 5.41) is 13.9. The molecule has 0 saturated carbocycles. The lowest BCUT2D eigenvalue weighted by Crippen LogP contribution is -2.21. The van der Waals surface area contributed by atoms with Gasteiger partial charge in [-0.25, -0.2) is 13.2 Å². The van der Waals surface area contributed by atoms with E-state index in [4.69, 9.17) is 4.74 Å². The zero-order valence-electron chi connectivity index (χ0n) is 17.3. The molecular formula is C22H18N2O7S2. The second-order valence-corrected chi connectivity index (χ2v) is 9.85. The Bertz CT molecular complexity index is 1310. The fraction of sp³-hybridized carbons (Fsp3) is 0.0909. The first kappa shape index (κ1) is 24.0. The molecule has 0 heterocycles. The molecule has 0 saturated heterocycles. The van der Waals surface area contributed by atoms with E-state index in [0.29, 0.717) is 5.69 Å². The van der Waals surface area contributed by atoms with Crippen molar-refractivity contribution in [1.82, 2.24) is 0 Å². The number of anilines is 1. The number of ether oxygens (including phenoxy) is 1. The predicted octanol–water partition coefficient (Wildman–Crippen LogP) is 3.95. The smallest absolute Gasteiger partial charge is 0.338 e. The van der Waals surface area contributed by atoms with Gasteiger partial charge in [-0.1, -0.05) is 42.1 Å². The van der Waals surface area contributed by atoms with E-state index in [-0.39, 0.29) is 5.56 Å². The summed E-state index contributed by atoms with van der Waals surface area (Å²) in [6.07, 6.45) is 0.825. The molecule has 0 aliphatic heterocycles. The van der Waals surface area contributed by atoms with Crippen LogP contribution in [0.4, 0.5) is 11.4 Å². The van der Waals surface area contributed by atoms with Crippen molar-refractivity contribution in [1.29, 1.82) is 0 Å². The molecule has 170 valence electrons. The Morgan fingerprint density at radius 3 is 2.36 bits per heavy atom. The number of nitrogens with one attached hydrogen (secondary N) is 1. The molecule has 0 aromatic heterocycles. The van der Waals surface area contributed by atoms with Gasteiger partial charge in [0.1, 0.15) is 4.90 Å². The Kier molecular flexibility index (Phi) is 7.46. The zero-order chi connectivity index (χ0) is 24.0. The maximum atomic E-state index is 12.3. The first-order valence-electron chi connectivity index (χ1n) is 9.42. The molecule has 9 nitrogen and oxygen atoms in total. The van der Waals surface area contributed by atoms with Crippen molar-refractivity contribution in [2.75, 3.05) is 18.2 Å². The normalized spacial score (nSPS) is 10.9. The van der Waals surface area contributed by atoms with E-state index in [0.717, 1.165) is 34.2 Å². The molecular weight excluding hydrogens is 468 g/mol. The maximum absolute atomic E-state index is 12.3. The molecule has 3 aromatic rings. The standard InChI is InChI=1S/C22H18N2O7S2/c1-33(29,30)20-12-11-15(13-18(20)24(27)28)22(26)31-14-21(25)23-17-9-5-6-10-19(17)32-16-7-3-2-4-8-16/h2-13H,14H2,1H3,(H,23,25). The van der Waals surface area contributed by atoms with Crippen LogP contribution in [0.15, 0.2) is 87.5 Å². The van der Waals surface area contributed by atoms with Gasteiger partial charge >= 0.3 is 5.97 Å². The van der Waals surface area contributed by atoms with Gasteiger partial charge < -0.3 is 10.1 Å². The lowest BCUT2D eigenvalue weighted by atomic mass is 10.2. The van der Waals surface area contributed by atoms with Gasteiger partial charge in [-0.05, 0) is 36.4 Å². The fourth-order valence-electron chi connectivity index (χ4n) is 2.78. The van der Waals surface area contributed by atoms with Crippen LogP contribution in [-0.2, 0) is 19.4 Å². The molecule has 1 amide bonds. The Morgan fingerprint density at radius 2 is 1.70 bits per heavy atom. The Morgan fingerprint density at radius 1 is 1.03 bits per heavy atom. The van der Waals surface area contributed by atoms with Crippen molar-refractivity contribution in [3.63, 3.8) is 0 Å². The number of carbonyl (C=O) groups is 2. The first-order chi connectivity index (χ1) is 15.6. The highest BCUT2D eigenvalue weighted by molar-refractivity contribution is 7.99. The highest BCUT2D eigenvalue weighted by atomic mass is 32.2. The number of rotatable bonds is 8. The number of esters is 1. The van der Waals surface area contributed by atoms with Crippen LogP contribution in [0.25, 0.3) is 0 Å². The maximum Gasteiger partial charge on any atom is 0.338 e. The third-order valence-electron chi connectivity index (χ3n) is 4.26. The van der Waals surface area contributed by atoms with Gasteiger partial charge in [-0.2, -0.15) is 0 Å². The quantitative estimate of drug-likeness (QED) is 0.288. The number of hydrogen-bond acceptors (Lipinski definition) is 8. The van der Waals surface area contributed by atoms with Gasteiger partial charge in [0.2, 0.25) is 0 Å². The van der Waals surface area contributed by atoms with Gasteiger partial charge in [0.05, 0.1) is 16.2 Å². The molecule has 0 unspecified atom stereocenters. The molecule has 0 bridgehead atoms. The molecule has 3 aromatic carbocycles. The number of amides is 1. The van der Waals surface area contributed by atoms with Crippen LogP contribution in [0.3, 0.4) is 0 Å². The van der Waals surface area contributed by atoms with E-state index in [1.165, 1.54) is 11.8 Å². The number of benzene rings is 3. The molecule has 0 atom stereocenters. The zero-order valence-corrected chi connectivity index (χ0v) is 18.9. The van der Waals surface area contributed by atoms with Gasteiger partial charge in [-0.3, -0.25) is 14.9 Å². The Balaban J connectivity index is 1.67. The Labute approximate surface area is 193 Å². The lowest BCUT2D eigenvalue weighted by molar-refractivity contribution is -0.387. The highest BCUT2D eigenvalue weighted by Crippen LogP contribution is 2.33. The van der Waals surface area contributed by atoms with Crippen LogP contribution < -0.4 is 5.32 Å². The van der Waals surface area contributed by atoms with E-state index in [1.807, 2.05) is 42.5 Å². The minimum Gasteiger partial charge on any atom is -0.452 e. The lowest BCUT2D eigenvalue weighted by Gasteiger charge is -2.11. The summed E-state index contributed by atoms with van der Waals surface area (Å²) >= 11 is 1.45. The van der Waals surface area contributed by atoms with Crippen molar-refractivity contribution in [3.05, 3.63) is 88.5 Å². The van der Waals surface area contributed by atoms with Crippen molar-refractivity contribution in [2.45, 2.75) is 14.7 Å². The number of hydrogen-bond donors (Lipinski definition) is 1. The van der Waals surface area contributed by atoms with Crippen LogP contribution in [0.5, 0.6) is 0 Å². The second kappa shape index (κ2) is 10.3. The summed E-state index contributed by atoms with van der Waals surface area (Å²) in [5.41, 5.74) is -0.467. The monoisotopic (exact) mass is 486 g/mol. The average Bonchev–Trinajstić information content (AvgIpc) is 2.78. The summed E-state index contributed by atoms with van der Waals surface area (Å²) in [4.78, 5) is 36.1. The van der Waals surface area contributed by atoms with Crippen LogP contribution >= 0.6 is 11.8 Å². The van der Waals surface area contributed by atoms with E-state index in [1.54, 1.807) is 12.1 Å². The number of nitrogens with zero attached hydrogens (tertiary/aromatic N) is 1.